The van der Waals surface area contributed by atoms with Crippen molar-refractivity contribution in [2.45, 2.75) is 45.4 Å². The lowest BCUT2D eigenvalue weighted by atomic mass is 9.89. The van der Waals surface area contributed by atoms with Gasteiger partial charge in [-0.2, -0.15) is 0 Å². The zero-order chi connectivity index (χ0) is 12.7. The second kappa shape index (κ2) is 6.94. The van der Waals surface area contributed by atoms with Crippen molar-refractivity contribution in [3.63, 3.8) is 0 Å². The topological polar surface area (TPSA) is 52.8 Å². The van der Waals surface area contributed by atoms with Gasteiger partial charge in [-0.25, -0.2) is 0 Å². The highest BCUT2D eigenvalue weighted by Crippen LogP contribution is 2.29. The Balaban J connectivity index is 2.98. The molecule has 0 atom stereocenters. The summed E-state index contributed by atoms with van der Waals surface area (Å²) in [6.07, 6.45) is 5.86. The Morgan fingerprint density at radius 3 is 2.41 bits per heavy atom. The number of benzene rings is 1. The number of hydrogen-bond donors (Lipinski definition) is 2. The van der Waals surface area contributed by atoms with Crippen molar-refractivity contribution in [3.8, 4) is 5.75 Å². The Morgan fingerprint density at radius 2 is 1.88 bits per heavy atom. The molecule has 0 bridgehead atoms. The molecule has 0 aromatic heterocycles. The first-order chi connectivity index (χ1) is 8.22. The smallest absolute Gasteiger partial charge is 0.124 e. The number of hydrogen-bond acceptors (Lipinski definition) is 3. The molecule has 0 spiro atoms. The van der Waals surface area contributed by atoms with Crippen LogP contribution in [0.3, 0.4) is 0 Å². The van der Waals surface area contributed by atoms with Crippen molar-refractivity contribution < 1.29 is 10.3 Å². The van der Waals surface area contributed by atoms with E-state index in [1.54, 1.807) is 6.07 Å². The van der Waals surface area contributed by atoms with Crippen LogP contribution in [0.2, 0.25) is 0 Å². The summed E-state index contributed by atoms with van der Waals surface area (Å²) in [6.45, 7) is 4.36. The van der Waals surface area contributed by atoms with Crippen LogP contribution in [0.1, 0.15) is 56.6 Å². The van der Waals surface area contributed by atoms with E-state index in [1.165, 1.54) is 11.8 Å². The van der Waals surface area contributed by atoms with Gasteiger partial charge in [-0.1, -0.05) is 37.9 Å². The lowest BCUT2D eigenvalue weighted by Gasteiger charge is -2.16. The fourth-order valence-electron chi connectivity index (χ4n) is 2.17. The minimum Gasteiger partial charge on any atom is -0.507 e. The molecule has 0 amide bonds. The van der Waals surface area contributed by atoms with Gasteiger partial charge in [-0.3, -0.25) is 0 Å². The first kappa shape index (κ1) is 13.6. The molecule has 0 aliphatic carbocycles. The van der Waals surface area contributed by atoms with Crippen LogP contribution in [0.15, 0.2) is 23.4 Å². The molecule has 17 heavy (non-hydrogen) atoms. The molecule has 0 heterocycles. The summed E-state index contributed by atoms with van der Waals surface area (Å²) in [7, 11) is 0. The SMILES string of the molecule is CCCC(CCC)c1ccc(O)c(/C=N/O)c1. The van der Waals surface area contributed by atoms with Gasteiger partial charge >= 0.3 is 0 Å². The molecule has 0 unspecified atom stereocenters. The molecule has 0 fully saturated rings. The molecule has 1 rings (SSSR count). The number of nitrogens with zero attached hydrogens (tertiary/aromatic N) is 1. The van der Waals surface area contributed by atoms with Gasteiger partial charge < -0.3 is 10.3 Å². The fraction of sp³-hybridized carbons (Fsp3) is 0.500. The van der Waals surface area contributed by atoms with Crippen molar-refractivity contribution in [3.05, 3.63) is 29.3 Å². The molecular formula is C14H21NO2. The molecule has 1 aromatic rings. The van der Waals surface area contributed by atoms with Crippen molar-refractivity contribution in [1.82, 2.24) is 0 Å². The van der Waals surface area contributed by atoms with Crippen LogP contribution in [-0.2, 0) is 0 Å². The second-order valence-electron chi connectivity index (χ2n) is 4.34. The number of phenolic OH excluding ortho intramolecular Hbond substituents is 1. The van der Waals surface area contributed by atoms with E-state index in [0.29, 0.717) is 11.5 Å². The van der Waals surface area contributed by atoms with Crippen LogP contribution in [-0.4, -0.2) is 16.5 Å². The molecule has 94 valence electrons. The van der Waals surface area contributed by atoms with E-state index in [0.717, 1.165) is 25.7 Å². The number of aromatic hydroxyl groups is 1. The molecular weight excluding hydrogens is 214 g/mol. The number of oxime groups is 1. The standard InChI is InChI=1S/C14H21NO2/c1-3-5-11(6-4-2)12-7-8-14(16)13(9-12)10-15-17/h7-11,16-17H,3-6H2,1-2H3/b15-10+. The fourth-order valence-corrected chi connectivity index (χ4v) is 2.17. The quantitative estimate of drug-likeness (QED) is 0.446. The third-order valence-corrected chi connectivity index (χ3v) is 2.99. The third-order valence-electron chi connectivity index (χ3n) is 2.99. The van der Waals surface area contributed by atoms with Gasteiger partial charge in [0, 0.05) is 5.56 Å². The van der Waals surface area contributed by atoms with Gasteiger partial charge in [0.15, 0.2) is 0 Å². The van der Waals surface area contributed by atoms with Gasteiger partial charge in [0.2, 0.25) is 0 Å². The van der Waals surface area contributed by atoms with Crippen molar-refractivity contribution in [1.29, 1.82) is 0 Å². The van der Waals surface area contributed by atoms with Crippen LogP contribution in [0.4, 0.5) is 0 Å². The van der Waals surface area contributed by atoms with Gasteiger partial charge in [-0.05, 0) is 36.5 Å². The highest BCUT2D eigenvalue weighted by Gasteiger charge is 2.11. The van der Waals surface area contributed by atoms with E-state index in [9.17, 15) is 5.11 Å². The van der Waals surface area contributed by atoms with Gasteiger partial charge in [-0.15, -0.1) is 0 Å². The van der Waals surface area contributed by atoms with E-state index in [1.807, 2.05) is 12.1 Å². The molecule has 1 aromatic carbocycles. The predicted molar refractivity (Wildman–Crippen MR) is 70.0 cm³/mol. The number of phenols is 1. The average molecular weight is 235 g/mol. The van der Waals surface area contributed by atoms with E-state index in [-0.39, 0.29) is 5.75 Å². The summed E-state index contributed by atoms with van der Waals surface area (Å²) in [4.78, 5) is 0. The number of rotatable bonds is 6. The Bertz CT molecular complexity index is 368. The van der Waals surface area contributed by atoms with Crippen LogP contribution >= 0.6 is 0 Å². The lowest BCUT2D eigenvalue weighted by molar-refractivity contribution is 0.321. The second-order valence-corrected chi connectivity index (χ2v) is 4.34. The van der Waals surface area contributed by atoms with Crippen molar-refractivity contribution >= 4 is 6.21 Å². The normalized spacial score (nSPS) is 11.5. The van der Waals surface area contributed by atoms with Crippen LogP contribution in [0, 0.1) is 0 Å². The molecule has 0 aliphatic rings. The molecule has 0 radical (unpaired) electrons. The summed E-state index contributed by atoms with van der Waals surface area (Å²) >= 11 is 0. The Labute approximate surface area is 103 Å². The molecule has 0 saturated heterocycles. The van der Waals surface area contributed by atoms with Crippen LogP contribution < -0.4 is 0 Å². The van der Waals surface area contributed by atoms with Gasteiger partial charge in [0.25, 0.3) is 0 Å². The zero-order valence-electron chi connectivity index (χ0n) is 10.6. The molecule has 2 N–H and O–H groups in total. The molecule has 0 saturated carbocycles. The Morgan fingerprint density at radius 1 is 1.24 bits per heavy atom. The average Bonchev–Trinajstić information content (AvgIpc) is 2.32. The maximum atomic E-state index is 9.61. The maximum absolute atomic E-state index is 9.61. The Hall–Kier alpha value is -1.51. The first-order valence-corrected chi connectivity index (χ1v) is 6.23. The van der Waals surface area contributed by atoms with Gasteiger partial charge in [0.05, 0.1) is 6.21 Å². The highest BCUT2D eigenvalue weighted by molar-refractivity contribution is 5.83. The monoisotopic (exact) mass is 235 g/mol. The minimum absolute atomic E-state index is 0.151. The summed E-state index contributed by atoms with van der Waals surface area (Å²) in [5.74, 6) is 0.676. The Kier molecular flexibility index (Phi) is 5.53. The van der Waals surface area contributed by atoms with Crippen molar-refractivity contribution in [2.75, 3.05) is 0 Å². The van der Waals surface area contributed by atoms with E-state index < -0.39 is 0 Å². The zero-order valence-corrected chi connectivity index (χ0v) is 10.6. The molecule has 3 nitrogen and oxygen atoms in total. The summed E-state index contributed by atoms with van der Waals surface area (Å²) < 4.78 is 0. The minimum atomic E-state index is 0.151. The third kappa shape index (κ3) is 3.77. The van der Waals surface area contributed by atoms with E-state index in [2.05, 4.69) is 19.0 Å². The van der Waals surface area contributed by atoms with Gasteiger partial charge in [0.1, 0.15) is 5.75 Å². The predicted octanol–water partition coefficient (Wildman–Crippen LogP) is 3.88. The molecule has 3 heteroatoms. The largest absolute Gasteiger partial charge is 0.507 e. The van der Waals surface area contributed by atoms with Crippen LogP contribution in [0.25, 0.3) is 0 Å². The summed E-state index contributed by atoms with van der Waals surface area (Å²) in [6, 6.07) is 5.54. The van der Waals surface area contributed by atoms with E-state index >= 15 is 0 Å². The molecule has 0 aliphatic heterocycles. The first-order valence-electron chi connectivity index (χ1n) is 6.23. The summed E-state index contributed by atoms with van der Waals surface area (Å²) in [5.41, 5.74) is 1.78. The highest BCUT2D eigenvalue weighted by atomic mass is 16.4. The van der Waals surface area contributed by atoms with E-state index in [4.69, 9.17) is 5.21 Å². The van der Waals surface area contributed by atoms with Crippen LogP contribution in [0.5, 0.6) is 5.75 Å². The lowest BCUT2D eigenvalue weighted by Crippen LogP contribution is -1.99. The summed E-state index contributed by atoms with van der Waals surface area (Å²) in [5, 5.41) is 21.1. The van der Waals surface area contributed by atoms with Crippen molar-refractivity contribution in [2.24, 2.45) is 5.16 Å². The maximum Gasteiger partial charge on any atom is 0.124 e.